The molecule has 30 heavy (non-hydrogen) atoms. The maximum atomic E-state index is 12.0. The maximum absolute atomic E-state index is 12.0. The number of carbonyl (C=O) groups excluding carboxylic acids is 2. The molecule has 2 aromatic carbocycles. The van der Waals surface area contributed by atoms with Gasteiger partial charge in [-0.2, -0.15) is 0 Å². The quantitative estimate of drug-likeness (QED) is 0.290. The fraction of sp³-hybridized carbons (Fsp3) is 0.217. The zero-order valence-corrected chi connectivity index (χ0v) is 18.9. The molecule has 0 saturated heterocycles. The van der Waals surface area contributed by atoms with Crippen LogP contribution in [0, 0.1) is 0 Å². The summed E-state index contributed by atoms with van der Waals surface area (Å²) in [5, 5.41) is 7.39. The summed E-state index contributed by atoms with van der Waals surface area (Å²) in [6.45, 7) is 5.25. The number of ether oxygens (including phenoxy) is 2. The van der Waals surface area contributed by atoms with E-state index in [-0.39, 0.29) is 5.70 Å². The van der Waals surface area contributed by atoms with Gasteiger partial charge in [0.25, 0.3) is 0 Å². The van der Waals surface area contributed by atoms with Gasteiger partial charge in [-0.15, -0.1) is 11.3 Å². The lowest BCUT2D eigenvalue weighted by molar-refractivity contribution is -0.136. The largest absolute Gasteiger partial charge is 0.464 e. The van der Waals surface area contributed by atoms with Gasteiger partial charge in [-0.3, -0.25) is 5.32 Å². The SMILES string of the molecule is COC(=O)/C(=C\Sc1ccc(-c2csc3ccccc23)cc1)NC(=O)OC(C)(C)C. The van der Waals surface area contributed by atoms with Gasteiger partial charge in [0.1, 0.15) is 11.3 Å². The Labute approximate surface area is 184 Å². The molecule has 1 aromatic heterocycles. The standard InChI is InChI=1S/C23H23NO4S2/c1-23(2,3)28-22(26)24-19(21(25)27-4)14-29-16-11-9-15(10-12-16)18-13-30-20-8-6-5-7-17(18)20/h5-14H,1-4H3,(H,24,26)/b19-14+. The molecule has 7 heteroatoms. The van der Waals surface area contributed by atoms with Crippen molar-refractivity contribution in [2.75, 3.05) is 7.11 Å². The smallest absolute Gasteiger partial charge is 0.412 e. The van der Waals surface area contributed by atoms with Crippen LogP contribution in [0.5, 0.6) is 0 Å². The summed E-state index contributed by atoms with van der Waals surface area (Å²) in [4.78, 5) is 24.9. The molecule has 1 N–H and O–H groups in total. The minimum Gasteiger partial charge on any atom is -0.464 e. The van der Waals surface area contributed by atoms with Crippen molar-refractivity contribution in [2.45, 2.75) is 31.3 Å². The van der Waals surface area contributed by atoms with E-state index in [2.05, 4.69) is 22.8 Å². The lowest BCUT2D eigenvalue weighted by Gasteiger charge is -2.20. The van der Waals surface area contributed by atoms with Crippen LogP contribution in [0.15, 0.2) is 69.9 Å². The third-order valence-electron chi connectivity index (χ3n) is 4.00. The summed E-state index contributed by atoms with van der Waals surface area (Å²) in [6.07, 6.45) is -0.709. The number of esters is 1. The molecule has 1 amide bonds. The minimum atomic E-state index is -0.709. The van der Waals surface area contributed by atoms with Crippen molar-refractivity contribution in [3.05, 3.63) is 65.0 Å². The number of thiophene rings is 1. The highest BCUT2D eigenvalue weighted by Gasteiger charge is 2.20. The van der Waals surface area contributed by atoms with E-state index in [0.29, 0.717) is 0 Å². The Balaban J connectivity index is 1.74. The number of thioether (sulfide) groups is 1. The molecule has 5 nitrogen and oxygen atoms in total. The molecule has 3 rings (SSSR count). The Morgan fingerprint density at radius 3 is 2.43 bits per heavy atom. The van der Waals surface area contributed by atoms with Gasteiger partial charge in [0.2, 0.25) is 0 Å². The van der Waals surface area contributed by atoms with E-state index in [0.717, 1.165) is 10.5 Å². The fourth-order valence-electron chi connectivity index (χ4n) is 2.69. The molecule has 0 radical (unpaired) electrons. The van der Waals surface area contributed by atoms with E-state index in [1.165, 1.54) is 34.5 Å². The number of amides is 1. The average Bonchev–Trinajstić information content (AvgIpc) is 3.13. The first-order valence-electron chi connectivity index (χ1n) is 9.28. The Morgan fingerprint density at radius 2 is 1.77 bits per heavy atom. The molecule has 0 fully saturated rings. The second kappa shape index (κ2) is 9.36. The first kappa shape index (κ1) is 21.9. The zero-order valence-electron chi connectivity index (χ0n) is 17.2. The monoisotopic (exact) mass is 441 g/mol. The van der Waals surface area contributed by atoms with E-state index in [1.54, 1.807) is 37.5 Å². The second-order valence-electron chi connectivity index (χ2n) is 7.44. The molecule has 1 heterocycles. The maximum Gasteiger partial charge on any atom is 0.412 e. The van der Waals surface area contributed by atoms with Crippen molar-refractivity contribution in [3.63, 3.8) is 0 Å². The number of alkyl carbamates (subject to hydrolysis) is 1. The number of nitrogens with one attached hydrogen (secondary N) is 1. The van der Waals surface area contributed by atoms with E-state index in [9.17, 15) is 9.59 Å². The molecule has 0 unspecified atom stereocenters. The predicted molar refractivity (Wildman–Crippen MR) is 123 cm³/mol. The van der Waals surface area contributed by atoms with Gasteiger partial charge < -0.3 is 9.47 Å². The Hall–Kier alpha value is -2.77. The van der Waals surface area contributed by atoms with Crippen LogP contribution >= 0.6 is 23.1 Å². The second-order valence-corrected chi connectivity index (χ2v) is 9.29. The van der Waals surface area contributed by atoms with Crippen molar-refractivity contribution < 1.29 is 19.1 Å². The van der Waals surface area contributed by atoms with E-state index < -0.39 is 17.7 Å². The molecule has 0 bridgehead atoms. The summed E-state index contributed by atoms with van der Waals surface area (Å²) >= 11 is 3.04. The van der Waals surface area contributed by atoms with Gasteiger partial charge in [-0.1, -0.05) is 42.1 Å². The number of fused-ring (bicyclic) bond motifs is 1. The van der Waals surface area contributed by atoms with Crippen molar-refractivity contribution in [1.29, 1.82) is 0 Å². The number of carbonyl (C=O) groups is 2. The zero-order chi connectivity index (χ0) is 21.7. The van der Waals surface area contributed by atoms with Gasteiger partial charge in [0.15, 0.2) is 0 Å². The number of hydrogen-bond donors (Lipinski definition) is 1. The predicted octanol–water partition coefficient (Wildman–Crippen LogP) is 6.20. The summed E-state index contributed by atoms with van der Waals surface area (Å²) in [5.74, 6) is -0.644. The average molecular weight is 442 g/mol. The van der Waals surface area contributed by atoms with Crippen LogP contribution in [-0.4, -0.2) is 24.8 Å². The van der Waals surface area contributed by atoms with E-state index >= 15 is 0 Å². The molecule has 0 atom stereocenters. The van der Waals surface area contributed by atoms with Crippen LogP contribution in [0.25, 0.3) is 21.2 Å². The highest BCUT2D eigenvalue weighted by molar-refractivity contribution is 8.02. The van der Waals surface area contributed by atoms with Crippen molar-refractivity contribution in [2.24, 2.45) is 0 Å². The van der Waals surface area contributed by atoms with E-state index in [1.807, 2.05) is 36.4 Å². The van der Waals surface area contributed by atoms with Gasteiger partial charge in [-0.25, -0.2) is 9.59 Å². The normalized spacial score (nSPS) is 11.9. The lowest BCUT2D eigenvalue weighted by Crippen LogP contribution is -2.34. The Bertz CT molecular complexity index is 1080. The molecule has 3 aromatic rings. The van der Waals surface area contributed by atoms with Crippen LogP contribution in [0.1, 0.15) is 20.8 Å². The van der Waals surface area contributed by atoms with Crippen molar-refractivity contribution in [3.8, 4) is 11.1 Å². The van der Waals surface area contributed by atoms with E-state index in [4.69, 9.17) is 9.47 Å². The third-order valence-corrected chi connectivity index (χ3v) is 5.86. The molecule has 0 aliphatic rings. The lowest BCUT2D eigenvalue weighted by atomic mass is 10.1. The number of benzene rings is 2. The van der Waals surface area contributed by atoms with Gasteiger partial charge in [-0.05, 0) is 49.9 Å². The van der Waals surface area contributed by atoms with Crippen LogP contribution in [-0.2, 0) is 14.3 Å². The number of hydrogen-bond acceptors (Lipinski definition) is 6. The van der Waals surface area contributed by atoms with Crippen LogP contribution < -0.4 is 5.32 Å². The molecule has 0 aliphatic carbocycles. The number of rotatable bonds is 5. The molecule has 0 aliphatic heterocycles. The summed E-state index contributed by atoms with van der Waals surface area (Å²) < 4.78 is 11.2. The highest BCUT2D eigenvalue weighted by atomic mass is 32.2. The molecular weight excluding hydrogens is 418 g/mol. The van der Waals surface area contributed by atoms with Crippen LogP contribution in [0.4, 0.5) is 4.79 Å². The summed E-state index contributed by atoms with van der Waals surface area (Å²) in [6, 6.07) is 16.4. The third kappa shape index (κ3) is 5.64. The Kier molecular flexibility index (Phi) is 6.84. The Morgan fingerprint density at radius 1 is 1.07 bits per heavy atom. The van der Waals surface area contributed by atoms with Gasteiger partial charge in [0, 0.05) is 26.0 Å². The topological polar surface area (TPSA) is 64.6 Å². The highest BCUT2D eigenvalue weighted by Crippen LogP contribution is 2.34. The minimum absolute atomic E-state index is 0.0182. The number of methoxy groups -OCH3 is 1. The summed E-state index contributed by atoms with van der Waals surface area (Å²) in [7, 11) is 1.26. The summed E-state index contributed by atoms with van der Waals surface area (Å²) in [5.41, 5.74) is 1.68. The van der Waals surface area contributed by atoms with Crippen LogP contribution in [0.3, 0.4) is 0 Å². The van der Waals surface area contributed by atoms with Gasteiger partial charge >= 0.3 is 12.1 Å². The molecule has 0 spiro atoms. The van der Waals surface area contributed by atoms with Crippen molar-refractivity contribution >= 4 is 45.2 Å². The van der Waals surface area contributed by atoms with Crippen molar-refractivity contribution in [1.82, 2.24) is 5.32 Å². The first-order chi connectivity index (χ1) is 14.3. The van der Waals surface area contributed by atoms with Crippen LogP contribution in [0.2, 0.25) is 0 Å². The fourth-order valence-corrected chi connectivity index (χ4v) is 4.37. The molecular formula is C23H23NO4S2. The molecule has 0 saturated carbocycles. The molecule has 156 valence electrons. The first-order valence-corrected chi connectivity index (χ1v) is 11.0. The van der Waals surface area contributed by atoms with Gasteiger partial charge in [0.05, 0.1) is 7.11 Å².